The van der Waals surface area contributed by atoms with E-state index >= 15 is 0 Å². The van der Waals surface area contributed by atoms with E-state index in [0.717, 1.165) is 19.4 Å². The molecule has 0 aliphatic heterocycles. The van der Waals surface area contributed by atoms with Crippen LogP contribution in [-0.4, -0.2) is 29.0 Å². The van der Waals surface area contributed by atoms with Gasteiger partial charge in [0.15, 0.2) is 0 Å². The number of anilines is 1. The summed E-state index contributed by atoms with van der Waals surface area (Å²) in [6, 6.07) is 1.77. The quantitative estimate of drug-likeness (QED) is 0.728. The average Bonchev–Trinajstić information content (AvgIpc) is 2.35. The van der Waals surface area contributed by atoms with Crippen molar-refractivity contribution >= 4 is 17.5 Å². The van der Waals surface area contributed by atoms with Crippen LogP contribution in [0.2, 0.25) is 0 Å². The lowest BCUT2D eigenvalue weighted by molar-refractivity contribution is 0.305. The zero-order valence-corrected chi connectivity index (χ0v) is 11.2. The maximum absolute atomic E-state index is 5.68. The summed E-state index contributed by atoms with van der Waals surface area (Å²) in [5, 5.41) is 3.19. The largest absolute Gasteiger partial charge is 0.478 e. The number of alkyl halides is 1. The predicted octanol–water partition coefficient (Wildman–Crippen LogP) is 2.94. The molecule has 1 heterocycles. The van der Waals surface area contributed by atoms with Gasteiger partial charge in [0.1, 0.15) is 0 Å². The molecule has 5 heteroatoms. The fourth-order valence-electron chi connectivity index (χ4n) is 1.27. The SMILES string of the molecule is CCCOc1ccnc(NCC(C)CCCl)n1. The minimum Gasteiger partial charge on any atom is -0.478 e. The van der Waals surface area contributed by atoms with E-state index < -0.39 is 0 Å². The molecular weight excluding hydrogens is 238 g/mol. The molecule has 0 saturated heterocycles. The van der Waals surface area contributed by atoms with Crippen molar-refractivity contribution in [3.05, 3.63) is 12.3 Å². The van der Waals surface area contributed by atoms with Crippen LogP contribution in [0.15, 0.2) is 12.3 Å². The highest BCUT2D eigenvalue weighted by atomic mass is 35.5. The van der Waals surface area contributed by atoms with E-state index in [9.17, 15) is 0 Å². The standard InChI is InChI=1S/C12H20ClN3O/c1-3-8-17-11-5-7-14-12(16-11)15-9-10(2)4-6-13/h5,7,10H,3-4,6,8-9H2,1-2H3,(H,14,15,16). The molecule has 0 radical (unpaired) electrons. The number of nitrogens with one attached hydrogen (secondary N) is 1. The van der Waals surface area contributed by atoms with Crippen LogP contribution in [0.3, 0.4) is 0 Å². The van der Waals surface area contributed by atoms with Crippen LogP contribution in [0.5, 0.6) is 5.88 Å². The molecule has 0 bridgehead atoms. The van der Waals surface area contributed by atoms with E-state index in [2.05, 4.69) is 29.1 Å². The topological polar surface area (TPSA) is 47.0 Å². The van der Waals surface area contributed by atoms with Gasteiger partial charge in [0, 0.05) is 24.7 Å². The van der Waals surface area contributed by atoms with E-state index in [1.54, 1.807) is 12.3 Å². The van der Waals surface area contributed by atoms with Crippen molar-refractivity contribution in [3.63, 3.8) is 0 Å². The molecule has 0 aliphatic carbocycles. The molecule has 1 aromatic rings. The molecule has 1 aromatic heterocycles. The van der Waals surface area contributed by atoms with Crippen molar-refractivity contribution in [2.24, 2.45) is 5.92 Å². The van der Waals surface area contributed by atoms with E-state index in [0.29, 0.717) is 30.2 Å². The number of nitrogens with zero attached hydrogens (tertiary/aromatic N) is 2. The highest BCUT2D eigenvalue weighted by Crippen LogP contribution is 2.10. The van der Waals surface area contributed by atoms with E-state index in [1.165, 1.54) is 0 Å². The third-order valence-corrected chi connectivity index (χ3v) is 2.51. The zero-order valence-electron chi connectivity index (χ0n) is 10.4. The highest BCUT2D eigenvalue weighted by Gasteiger charge is 2.03. The van der Waals surface area contributed by atoms with Crippen molar-refractivity contribution < 1.29 is 4.74 Å². The van der Waals surface area contributed by atoms with Gasteiger partial charge >= 0.3 is 0 Å². The fourth-order valence-corrected chi connectivity index (χ4v) is 1.64. The first-order chi connectivity index (χ1) is 8.26. The van der Waals surface area contributed by atoms with Gasteiger partial charge in [-0.1, -0.05) is 13.8 Å². The van der Waals surface area contributed by atoms with Gasteiger partial charge in [-0.05, 0) is 18.8 Å². The lowest BCUT2D eigenvalue weighted by Crippen LogP contribution is -2.13. The zero-order chi connectivity index (χ0) is 12.5. The van der Waals surface area contributed by atoms with Gasteiger partial charge in [0.2, 0.25) is 11.8 Å². The summed E-state index contributed by atoms with van der Waals surface area (Å²) in [6.45, 7) is 5.71. The van der Waals surface area contributed by atoms with Gasteiger partial charge in [-0.25, -0.2) is 4.98 Å². The molecule has 0 saturated carbocycles. The Morgan fingerprint density at radius 1 is 1.53 bits per heavy atom. The molecule has 0 spiro atoms. The first-order valence-corrected chi connectivity index (χ1v) is 6.55. The smallest absolute Gasteiger partial charge is 0.225 e. The molecule has 0 amide bonds. The lowest BCUT2D eigenvalue weighted by Gasteiger charge is -2.11. The molecule has 0 fully saturated rings. The van der Waals surface area contributed by atoms with Gasteiger partial charge in [-0.2, -0.15) is 4.98 Å². The van der Waals surface area contributed by atoms with Gasteiger partial charge < -0.3 is 10.1 Å². The average molecular weight is 258 g/mol. The number of halogens is 1. The maximum Gasteiger partial charge on any atom is 0.225 e. The maximum atomic E-state index is 5.68. The van der Waals surface area contributed by atoms with Crippen molar-refractivity contribution in [1.82, 2.24) is 9.97 Å². The van der Waals surface area contributed by atoms with Crippen molar-refractivity contribution in [2.75, 3.05) is 24.3 Å². The second-order valence-electron chi connectivity index (χ2n) is 4.03. The Balaban J connectivity index is 2.42. The van der Waals surface area contributed by atoms with Crippen LogP contribution in [-0.2, 0) is 0 Å². The minimum absolute atomic E-state index is 0.510. The van der Waals surface area contributed by atoms with E-state index in [4.69, 9.17) is 16.3 Å². The van der Waals surface area contributed by atoms with Crippen molar-refractivity contribution in [3.8, 4) is 5.88 Å². The summed E-state index contributed by atoms with van der Waals surface area (Å²) in [5.41, 5.74) is 0. The first-order valence-electron chi connectivity index (χ1n) is 6.02. The summed E-state index contributed by atoms with van der Waals surface area (Å²) in [4.78, 5) is 8.41. The number of aromatic nitrogens is 2. The van der Waals surface area contributed by atoms with Crippen molar-refractivity contribution in [1.29, 1.82) is 0 Å². The number of hydrogen-bond donors (Lipinski definition) is 1. The summed E-state index contributed by atoms with van der Waals surface area (Å²) < 4.78 is 5.44. The van der Waals surface area contributed by atoms with E-state index in [-0.39, 0.29) is 0 Å². The van der Waals surface area contributed by atoms with Crippen LogP contribution >= 0.6 is 11.6 Å². The normalized spacial score (nSPS) is 12.2. The van der Waals surface area contributed by atoms with Gasteiger partial charge in [-0.15, -0.1) is 11.6 Å². The summed E-state index contributed by atoms with van der Waals surface area (Å²) >= 11 is 5.68. The Kier molecular flexibility index (Phi) is 6.70. The molecule has 4 nitrogen and oxygen atoms in total. The second kappa shape index (κ2) is 8.12. The highest BCUT2D eigenvalue weighted by molar-refractivity contribution is 6.17. The van der Waals surface area contributed by atoms with E-state index in [1.807, 2.05) is 0 Å². The molecular formula is C12H20ClN3O. The molecule has 17 heavy (non-hydrogen) atoms. The van der Waals surface area contributed by atoms with Crippen molar-refractivity contribution in [2.45, 2.75) is 26.7 Å². The van der Waals surface area contributed by atoms with Crippen LogP contribution in [0, 0.1) is 5.92 Å². The van der Waals surface area contributed by atoms with Crippen LogP contribution in [0.1, 0.15) is 26.7 Å². The summed E-state index contributed by atoms with van der Waals surface area (Å²) in [6.07, 6.45) is 3.66. The van der Waals surface area contributed by atoms with Crippen LogP contribution in [0.25, 0.3) is 0 Å². The molecule has 1 unspecified atom stereocenters. The molecule has 1 N–H and O–H groups in total. The minimum atomic E-state index is 0.510. The summed E-state index contributed by atoms with van der Waals surface area (Å²) in [5.74, 6) is 2.43. The number of hydrogen-bond acceptors (Lipinski definition) is 4. The Hall–Kier alpha value is -1.03. The molecule has 1 rings (SSSR count). The third kappa shape index (κ3) is 5.73. The molecule has 1 atom stereocenters. The van der Waals surface area contributed by atoms with Gasteiger partial charge in [0.25, 0.3) is 0 Å². The first kappa shape index (κ1) is 14.0. The Morgan fingerprint density at radius 2 is 2.35 bits per heavy atom. The fraction of sp³-hybridized carbons (Fsp3) is 0.667. The monoisotopic (exact) mass is 257 g/mol. The number of rotatable bonds is 8. The Morgan fingerprint density at radius 3 is 3.06 bits per heavy atom. The third-order valence-electron chi connectivity index (χ3n) is 2.29. The molecule has 96 valence electrons. The second-order valence-corrected chi connectivity index (χ2v) is 4.41. The lowest BCUT2D eigenvalue weighted by atomic mass is 10.1. The number of ether oxygens (including phenoxy) is 1. The van der Waals surface area contributed by atoms with Gasteiger partial charge in [-0.3, -0.25) is 0 Å². The Bertz CT molecular complexity index is 322. The van der Waals surface area contributed by atoms with Crippen LogP contribution < -0.4 is 10.1 Å². The van der Waals surface area contributed by atoms with Gasteiger partial charge in [0.05, 0.1) is 6.61 Å². The summed E-state index contributed by atoms with van der Waals surface area (Å²) in [7, 11) is 0. The predicted molar refractivity (Wildman–Crippen MR) is 70.8 cm³/mol. The Labute approximate surface area is 108 Å². The molecule has 0 aromatic carbocycles. The molecule has 0 aliphatic rings. The van der Waals surface area contributed by atoms with Crippen LogP contribution in [0.4, 0.5) is 5.95 Å².